The van der Waals surface area contributed by atoms with E-state index in [2.05, 4.69) is 11.6 Å². The summed E-state index contributed by atoms with van der Waals surface area (Å²) in [6.07, 6.45) is 1.45. The lowest BCUT2D eigenvalue weighted by Gasteiger charge is -2.23. The zero-order chi connectivity index (χ0) is 29.8. The van der Waals surface area contributed by atoms with Crippen LogP contribution in [0.2, 0.25) is 0 Å². The molecule has 1 aliphatic heterocycles. The number of hydrogen-bond acceptors (Lipinski definition) is 8. The number of esters is 1. The Hall–Kier alpha value is -5.02. The third-order valence-corrected chi connectivity index (χ3v) is 7.82. The molecule has 8 nitrogen and oxygen atoms in total. The third-order valence-electron chi connectivity index (χ3n) is 6.68. The van der Waals surface area contributed by atoms with Crippen LogP contribution in [0.3, 0.4) is 0 Å². The molecule has 1 atom stereocenters. The predicted molar refractivity (Wildman–Crippen MR) is 161 cm³/mol. The summed E-state index contributed by atoms with van der Waals surface area (Å²) >= 11 is 0.948. The van der Waals surface area contributed by atoms with Gasteiger partial charge in [-0.2, -0.15) is 0 Å². The van der Waals surface area contributed by atoms with Crippen molar-refractivity contribution in [3.63, 3.8) is 0 Å². The second-order valence-corrected chi connectivity index (χ2v) is 10.7. The summed E-state index contributed by atoms with van der Waals surface area (Å²) in [5.74, 6) is -2.06. The molecule has 42 heavy (non-hydrogen) atoms. The van der Waals surface area contributed by atoms with Gasteiger partial charge in [0.25, 0.3) is 5.78 Å². The van der Waals surface area contributed by atoms with Gasteiger partial charge in [-0.1, -0.05) is 84.2 Å². The molecule has 0 saturated carbocycles. The quantitative estimate of drug-likeness (QED) is 0.0813. The van der Waals surface area contributed by atoms with Crippen LogP contribution in [0, 0.1) is 13.8 Å². The lowest BCUT2D eigenvalue weighted by atomic mass is 9.95. The second-order valence-electron chi connectivity index (χ2n) is 9.68. The minimum Gasteiger partial charge on any atom is -0.507 e. The van der Waals surface area contributed by atoms with E-state index in [1.807, 2.05) is 37.3 Å². The molecular formula is C33H28N2O6S. The molecule has 1 N–H and O–H groups in total. The summed E-state index contributed by atoms with van der Waals surface area (Å²) in [4.78, 5) is 45.3. The number of rotatable bonds is 9. The fraction of sp³-hybridized carbons (Fsp3) is 0.152. The average Bonchev–Trinajstić information content (AvgIpc) is 3.51. The summed E-state index contributed by atoms with van der Waals surface area (Å²) in [5.41, 5.74) is 3.39. The van der Waals surface area contributed by atoms with Crippen LogP contribution in [0.1, 0.15) is 43.7 Å². The van der Waals surface area contributed by atoms with Crippen LogP contribution in [-0.2, 0) is 20.9 Å². The van der Waals surface area contributed by atoms with Crippen LogP contribution in [0.4, 0.5) is 5.13 Å². The van der Waals surface area contributed by atoms with Gasteiger partial charge >= 0.3 is 11.9 Å². The fourth-order valence-corrected chi connectivity index (χ4v) is 5.68. The Morgan fingerprint density at radius 3 is 2.48 bits per heavy atom. The molecule has 0 radical (unpaired) electrons. The molecule has 1 unspecified atom stereocenters. The van der Waals surface area contributed by atoms with E-state index in [1.165, 1.54) is 11.0 Å². The Bertz CT molecular complexity index is 1690. The molecule has 1 aromatic heterocycles. The Kier molecular flexibility index (Phi) is 8.31. The topological polar surface area (TPSA) is 106 Å². The highest BCUT2D eigenvalue weighted by Crippen LogP contribution is 2.44. The van der Waals surface area contributed by atoms with Crippen molar-refractivity contribution < 1.29 is 29.0 Å². The van der Waals surface area contributed by atoms with E-state index in [1.54, 1.807) is 55.5 Å². The van der Waals surface area contributed by atoms with Gasteiger partial charge in [0.05, 0.1) is 17.3 Å². The lowest BCUT2D eigenvalue weighted by Crippen LogP contribution is -2.29. The zero-order valence-electron chi connectivity index (χ0n) is 23.1. The van der Waals surface area contributed by atoms with Gasteiger partial charge in [0.15, 0.2) is 5.13 Å². The maximum Gasteiger partial charge on any atom is 0.350 e. The van der Waals surface area contributed by atoms with Crippen LogP contribution in [0.5, 0.6) is 5.75 Å². The monoisotopic (exact) mass is 580 g/mol. The van der Waals surface area contributed by atoms with Crippen molar-refractivity contribution in [2.24, 2.45) is 0 Å². The van der Waals surface area contributed by atoms with E-state index < -0.39 is 23.7 Å². The predicted octanol–water partition coefficient (Wildman–Crippen LogP) is 6.31. The number of aryl methyl sites for hydroxylation is 2. The number of Topliss-reactive ketones (excluding diaryl/α,β-unsaturated/α-hetero) is 1. The van der Waals surface area contributed by atoms with Crippen molar-refractivity contribution in [1.29, 1.82) is 0 Å². The van der Waals surface area contributed by atoms with Crippen molar-refractivity contribution in [2.75, 3.05) is 11.5 Å². The average molecular weight is 581 g/mol. The first kappa shape index (κ1) is 28.5. The normalized spacial score (nSPS) is 16.0. The highest BCUT2D eigenvalue weighted by molar-refractivity contribution is 7.17. The summed E-state index contributed by atoms with van der Waals surface area (Å²) in [5, 5.41) is 11.6. The SMILES string of the molecule is C=CCOC(=O)c1sc(N2C(=O)C(=O)C(=C(O)c3ccc(OCc4cccc(C)c4)cc3)C2c2ccccc2)nc1C. The molecule has 0 spiro atoms. The van der Waals surface area contributed by atoms with Gasteiger partial charge in [-0.25, -0.2) is 9.78 Å². The van der Waals surface area contributed by atoms with Crippen molar-refractivity contribution in [3.05, 3.63) is 130 Å². The number of anilines is 1. The third kappa shape index (κ3) is 5.73. The van der Waals surface area contributed by atoms with E-state index in [4.69, 9.17) is 9.47 Å². The molecule has 1 aliphatic rings. The number of ether oxygens (including phenoxy) is 2. The second kappa shape index (κ2) is 12.2. The maximum absolute atomic E-state index is 13.4. The number of ketones is 1. The number of aromatic nitrogens is 1. The molecular weight excluding hydrogens is 552 g/mol. The largest absolute Gasteiger partial charge is 0.507 e. The van der Waals surface area contributed by atoms with Gasteiger partial charge in [-0.05, 0) is 49.2 Å². The number of thiazole rings is 1. The molecule has 9 heteroatoms. The highest BCUT2D eigenvalue weighted by Gasteiger charge is 2.48. The lowest BCUT2D eigenvalue weighted by molar-refractivity contribution is -0.132. The standard InChI is InChI=1S/C33H28N2O6S/c1-4-17-40-32(39)30-21(3)34-33(42-30)35-27(23-11-6-5-7-12-23)26(29(37)31(35)38)28(36)24-13-15-25(16-14-24)41-19-22-10-8-9-20(2)18-22/h4-16,18,27,36H,1,17,19H2,2-3H3. The number of amides is 1. The van der Waals surface area contributed by atoms with Crippen LogP contribution in [-0.4, -0.2) is 34.4 Å². The number of carbonyl (C=O) groups excluding carboxylic acids is 3. The Balaban J connectivity index is 1.49. The molecule has 0 aliphatic carbocycles. The molecule has 3 aromatic carbocycles. The highest BCUT2D eigenvalue weighted by atomic mass is 32.1. The molecule has 212 valence electrons. The van der Waals surface area contributed by atoms with E-state index in [9.17, 15) is 19.5 Å². The Morgan fingerprint density at radius 1 is 1.05 bits per heavy atom. The van der Waals surface area contributed by atoms with Crippen molar-refractivity contribution in [1.82, 2.24) is 4.98 Å². The van der Waals surface area contributed by atoms with Gasteiger partial charge in [0.2, 0.25) is 0 Å². The smallest absolute Gasteiger partial charge is 0.350 e. The zero-order valence-corrected chi connectivity index (χ0v) is 23.9. The van der Waals surface area contributed by atoms with E-state index in [0.717, 1.165) is 22.5 Å². The van der Waals surface area contributed by atoms with E-state index in [0.29, 0.717) is 29.2 Å². The van der Waals surface area contributed by atoms with E-state index in [-0.39, 0.29) is 27.9 Å². The Labute approximate surface area is 247 Å². The first-order chi connectivity index (χ1) is 20.3. The summed E-state index contributed by atoms with van der Waals surface area (Å²) < 4.78 is 11.0. The van der Waals surface area contributed by atoms with Gasteiger partial charge in [0, 0.05) is 5.56 Å². The molecule has 4 aromatic rings. The van der Waals surface area contributed by atoms with Gasteiger partial charge < -0.3 is 14.6 Å². The summed E-state index contributed by atoms with van der Waals surface area (Å²) in [7, 11) is 0. The van der Waals surface area contributed by atoms with Gasteiger partial charge in [0.1, 0.15) is 29.6 Å². The number of carbonyl (C=O) groups is 3. The number of nitrogens with zero attached hydrogens (tertiary/aromatic N) is 2. The van der Waals surface area contributed by atoms with Gasteiger partial charge in [-0.3, -0.25) is 14.5 Å². The first-order valence-corrected chi connectivity index (χ1v) is 14.0. The van der Waals surface area contributed by atoms with E-state index >= 15 is 0 Å². The minimum atomic E-state index is -0.967. The number of aliphatic hydroxyl groups excluding tert-OH is 1. The van der Waals surface area contributed by atoms with Crippen molar-refractivity contribution in [2.45, 2.75) is 26.5 Å². The minimum absolute atomic E-state index is 0.0236. The maximum atomic E-state index is 13.4. The molecule has 5 rings (SSSR count). The first-order valence-electron chi connectivity index (χ1n) is 13.2. The molecule has 1 fully saturated rings. The number of hydrogen-bond donors (Lipinski definition) is 1. The van der Waals surface area contributed by atoms with Gasteiger partial charge in [-0.15, -0.1) is 0 Å². The van der Waals surface area contributed by atoms with Crippen molar-refractivity contribution in [3.8, 4) is 5.75 Å². The molecule has 1 amide bonds. The van der Waals surface area contributed by atoms with Crippen LogP contribution >= 0.6 is 11.3 Å². The number of aliphatic hydroxyl groups is 1. The van der Waals surface area contributed by atoms with Crippen LogP contribution in [0.25, 0.3) is 5.76 Å². The fourth-order valence-electron chi connectivity index (χ4n) is 4.69. The Morgan fingerprint density at radius 2 is 1.79 bits per heavy atom. The number of benzene rings is 3. The van der Waals surface area contributed by atoms with Crippen LogP contribution in [0.15, 0.2) is 97.1 Å². The van der Waals surface area contributed by atoms with Crippen molar-refractivity contribution >= 4 is 39.9 Å². The summed E-state index contributed by atoms with van der Waals surface area (Å²) in [6.45, 7) is 7.58. The molecule has 0 bridgehead atoms. The summed E-state index contributed by atoms with van der Waals surface area (Å²) in [6, 6.07) is 22.6. The molecule has 1 saturated heterocycles. The van der Waals surface area contributed by atoms with Crippen LogP contribution < -0.4 is 9.64 Å². The molecule has 2 heterocycles.